The van der Waals surface area contributed by atoms with Gasteiger partial charge in [-0.2, -0.15) is 9.64 Å². The minimum absolute atomic E-state index is 0.210. The molecule has 1 amide bonds. The molecule has 0 bridgehead atoms. The molecule has 2 heterocycles. The van der Waals surface area contributed by atoms with Crippen molar-refractivity contribution in [1.29, 1.82) is 5.26 Å². The second-order valence-electron chi connectivity index (χ2n) is 5.31. The third-order valence-corrected chi connectivity index (χ3v) is 5.10. The maximum absolute atomic E-state index is 11.7. The molecule has 1 aliphatic carbocycles. The number of carbonyl (C=O) groups excluding carboxylic acids is 1. The Morgan fingerprint density at radius 1 is 1.40 bits per heavy atom. The fourth-order valence-electron chi connectivity index (χ4n) is 2.46. The van der Waals surface area contributed by atoms with Crippen molar-refractivity contribution in [3.05, 3.63) is 10.7 Å². The summed E-state index contributed by atoms with van der Waals surface area (Å²) in [6, 6.07) is 2.37. The number of rotatable bonds is 3. The fourth-order valence-corrected chi connectivity index (χ4v) is 3.54. The molecule has 1 saturated heterocycles. The molecule has 5 nitrogen and oxygen atoms in total. The third-order valence-electron chi connectivity index (χ3n) is 3.82. The van der Waals surface area contributed by atoms with E-state index in [1.807, 2.05) is 0 Å². The predicted octanol–water partition coefficient (Wildman–Crippen LogP) is 2.16. The van der Waals surface area contributed by atoms with Crippen LogP contribution in [-0.2, 0) is 4.79 Å². The lowest BCUT2D eigenvalue weighted by Gasteiger charge is -2.32. The molecule has 2 fully saturated rings. The van der Waals surface area contributed by atoms with E-state index in [1.165, 1.54) is 11.5 Å². The highest BCUT2D eigenvalue weighted by atomic mass is 35.5. The average molecular weight is 311 g/mol. The van der Waals surface area contributed by atoms with E-state index in [4.69, 9.17) is 16.9 Å². The van der Waals surface area contributed by atoms with Crippen LogP contribution in [0.5, 0.6) is 0 Å². The number of hydrogen-bond acceptors (Lipinski definition) is 5. The summed E-state index contributed by atoms with van der Waals surface area (Å²) in [7, 11) is 0. The summed E-state index contributed by atoms with van der Waals surface area (Å²) in [5, 5.41) is 13.4. The van der Waals surface area contributed by atoms with Crippen LogP contribution in [0.15, 0.2) is 0 Å². The topological polar surface area (TPSA) is 69.0 Å². The van der Waals surface area contributed by atoms with E-state index in [2.05, 4.69) is 20.7 Å². The van der Waals surface area contributed by atoms with Crippen molar-refractivity contribution in [2.45, 2.75) is 31.7 Å². The van der Waals surface area contributed by atoms with Crippen LogP contribution in [-0.4, -0.2) is 29.4 Å². The molecule has 0 atom stereocenters. The number of nitrogens with zero attached hydrogens (tertiary/aromatic N) is 3. The number of carbonyl (C=O) groups is 1. The zero-order valence-corrected chi connectivity index (χ0v) is 12.5. The predicted molar refractivity (Wildman–Crippen MR) is 77.9 cm³/mol. The van der Waals surface area contributed by atoms with E-state index in [0.29, 0.717) is 5.56 Å². The highest BCUT2D eigenvalue weighted by Crippen LogP contribution is 2.33. The molecular formula is C13H15ClN4OS. The molecule has 1 aromatic heterocycles. The molecular weight excluding hydrogens is 296 g/mol. The van der Waals surface area contributed by atoms with Gasteiger partial charge in [0.2, 0.25) is 5.91 Å². The van der Waals surface area contributed by atoms with E-state index in [-0.39, 0.29) is 23.0 Å². The van der Waals surface area contributed by atoms with Gasteiger partial charge in [-0.15, -0.1) is 0 Å². The Morgan fingerprint density at radius 2 is 2.10 bits per heavy atom. The van der Waals surface area contributed by atoms with Crippen LogP contribution in [0.4, 0.5) is 5.00 Å². The molecule has 0 unspecified atom stereocenters. The van der Waals surface area contributed by atoms with Crippen molar-refractivity contribution in [3.63, 3.8) is 0 Å². The van der Waals surface area contributed by atoms with Crippen LogP contribution in [0.3, 0.4) is 0 Å². The second kappa shape index (κ2) is 5.58. The molecule has 2 aliphatic rings. The van der Waals surface area contributed by atoms with E-state index in [0.717, 1.165) is 43.8 Å². The number of aromatic nitrogens is 1. The standard InChI is InChI=1S/C13H15ClN4OS/c14-11-10(7-15)13(20-17-11)18-5-3-9(4-6-18)16-12(19)8-1-2-8/h8-9H,1-6H2,(H,16,19). The van der Waals surface area contributed by atoms with Crippen molar-refractivity contribution in [1.82, 2.24) is 9.69 Å². The Bertz CT molecular complexity index is 555. The summed E-state index contributed by atoms with van der Waals surface area (Å²) in [5.41, 5.74) is 0.470. The Morgan fingerprint density at radius 3 is 2.70 bits per heavy atom. The van der Waals surface area contributed by atoms with Gasteiger partial charge in [0.15, 0.2) is 5.15 Å². The number of anilines is 1. The largest absolute Gasteiger partial charge is 0.361 e. The van der Waals surface area contributed by atoms with Crippen LogP contribution in [0.2, 0.25) is 5.15 Å². The minimum Gasteiger partial charge on any atom is -0.361 e. The zero-order valence-electron chi connectivity index (χ0n) is 10.9. The summed E-state index contributed by atoms with van der Waals surface area (Å²) >= 11 is 7.17. The Kier molecular flexibility index (Phi) is 3.81. The van der Waals surface area contributed by atoms with Crippen molar-refractivity contribution < 1.29 is 4.79 Å². The van der Waals surface area contributed by atoms with Crippen LogP contribution >= 0.6 is 23.1 Å². The van der Waals surface area contributed by atoms with Crippen LogP contribution in [0.25, 0.3) is 0 Å². The quantitative estimate of drug-likeness (QED) is 0.929. The molecule has 3 rings (SSSR count). The van der Waals surface area contributed by atoms with Gasteiger partial charge in [0.1, 0.15) is 16.6 Å². The van der Waals surface area contributed by atoms with Gasteiger partial charge in [-0.3, -0.25) is 4.79 Å². The molecule has 1 saturated carbocycles. The van der Waals surface area contributed by atoms with E-state index < -0.39 is 0 Å². The van der Waals surface area contributed by atoms with Gasteiger partial charge in [0, 0.05) is 25.0 Å². The Labute approximate surface area is 126 Å². The van der Waals surface area contributed by atoms with Crippen LogP contribution < -0.4 is 10.2 Å². The molecule has 106 valence electrons. The number of nitrogens with one attached hydrogen (secondary N) is 1. The molecule has 0 radical (unpaired) electrons. The van der Waals surface area contributed by atoms with Crippen LogP contribution in [0, 0.1) is 17.2 Å². The molecule has 0 aromatic carbocycles. The van der Waals surface area contributed by atoms with Gasteiger partial charge in [-0.25, -0.2) is 0 Å². The maximum Gasteiger partial charge on any atom is 0.223 e. The van der Waals surface area contributed by atoms with Gasteiger partial charge in [-0.1, -0.05) is 11.6 Å². The number of nitriles is 1. The molecule has 1 aromatic rings. The van der Waals surface area contributed by atoms with E-state index in [9.17, 15) is 4.79 Å². The first-order valence-electron chi connectivity index (χ1n) is 6.79. The van der Waals surface area contributed by atoms with E-state index >= 15 is 0 Å². The van der Waals surface area contributed by atoms with Crippen molar-refractivity contribution >= 4 is 34.0 Å². The van der Waals surface area contributed by atoms with Gasteiger partial charge in [0.25, 0.3) is 0 Å². The SMILES string of the molecule is N#Cc1c(Cl)nsc1N1CCC(NC(=O)C2CC2)CC1. The average Bonchev–Trinajstić information content (AvgIpc) is 3.23. The molecule has 7 heteroatoms. The summed E-state index contributed by atoms with van der Waals surface area (Å²) < 4.78 is 4.03. The monoisotopic (exact) mass is 310 g/mol. The Balaban J connectivity index is 1.58. The zero-order chi connectivity index (χ0) is 14.1. The van der Waals surface area contributed by atoms with Gasteiger partial charge in [0.05, 0.1) is 0 Å². The third kappa shape index (κ3) is 2.74. The lowest BCUT2D eigenvalue weighted by atomic mass is 10.0. The highest BCUT2D eigenvalue weighted by molar-refractivity contribution is 7.10. The van der Waals surface area contributed by atoms with E-state index in [1.54, 1.807) is 0 Å². The number of hydrogen-bond donors (Lipinski definition) is 1. The lowest BCUT2D eigenvalue weighted by Crippen LogP contribution is -2.45. The highest BCUT2D eigenvalue weighted by Gasteiger charge is 2.32. The van der Waals surface area contributed by atoms with Gasteiger partial charge in [-0.05, 0) is 37.2 Å². The first-order valence-corrected chi connectivity index (χ1v) is 7.94. The van der Waals surface area contributed by atoms with Crippen molar-refractivity contribution in [3.8, 4) is 6.07 Å². The number of piperidine rings is 1. The fraction of sp³-hybridized carbons (Fsp3) is 0.615. The van der Waals surface area contributed by atoms with Crippen molar-refractivity contribution in [2.75, 3.05) is 18.0 Å². The summed E-state index contributed by atoms with van der Waals surface area (Å²) in [4.78, 5) is 13.9. The summed E-state index contributed by atoms with van der Waals surface area (Å²) in [5.74, 6) is 0.473. The minimum atomic E-state index is 0.210. The molecule has 20 heavy (non-hydrogen) atoms. The molecule has 1 N–H and O–H groups in total. The lowest BCUT2D eigenvalue weighted by molar-refractivity contribution is -0.123. The van der Waals surface area contributed by atoms with Gasteiger partial charge < -0.3 is 10.2 Å². The first kappa shape index (κ1) is 13.7. The van der Waals surface area contributed by atoms with Crippen LogP contribution in [0.1, 0.15) is 31.2 Å². The second-order valence-corrected chi connectivity index (χ2v) is 6.42. The maximum atomic E-state index is 11.7. The first-order chi connectivity index (χ1) is 9.69. The molecule has 0 spiro atoms. The van der Waals surface area contributed by atoms with Crippen molar-refractivity contribution in [2.24, 2.45) is 5.92 Å². The normalized spacial score (nSPS) is 19.7. The number of amides is 1. The molecule has 1 aliphatic heterocycles. The Hall–Kier alpha value is -1.32. The summed E-state index contributed by atoms with van der Waals surface area (Å²) in [6.07, 6.45) is 3.88. The summed E-state index contributed by atoms with van der Waals surface area (Å²) in [6.45, 7) is 1.64. The number of halogens is 1. The smallest absolute Gasteiger partial charge is 0.223 e. The van der Waals surface area contributed by atoms with Gasteiger partial charge >= 0.3 is 0 Å².